The second-order valence-electron chi connectivity index (χ2n) is 6.28. The fourth-order valence-electron chi connectivity index (χ4n) is 3.21. The topological polar surface area (TPSA) is 81.1 Å². The van der Waals surface area contributed by atoms with Crippen LogP contribution in [0.5, 0.6) is 0 Å². The minimum Gasteiger partial charge on any atom is -0.423 e. The molecule has 0 aliphatic carbocycles. The van der Waals surface area contributed by atoms with Gasteiger partial charge in [-0.3, -0.25) is 4.90 Å². The molecule has 2 aromatic heterocycles. The van der Waals surface area contributed by atoms with Gasteiger partial charge in [0.1, 0.15) is 0 Å². The van der Waals surface area contributed by atoms with Gasteiger partial charge in [-0.15, -0.1) is 10.2 Å². The molecule has 0 amide bonds. The molecule has 2 atom stereocenters. The SMILES string of the molecule is CC1CCC(C)N1Cc1nc(-c2ccc(-c3nnco3)cc2)no1. The average molecular weight is 325 g/mol. The van der Waals surface area contributed by atoms with Crippen LogP contribution >= 0.6 is 0 Å². The molecule has 0 saturated carbocycles. The maximum Gasteiger partial charge on any atom is 0.247 e. The average Bonchev–Trinajstić information content (AvgIpc) is 3.33. The maximum atomic E-state index is 5.44. The van der Waals surface area contributed by atoms with E-state index in [2.05, 4.69) is 39.1 Å². The van der Waals surface area contributed by atoms with Crippen molar-refractivity contribution in [2.45, 2.75) is 45.3 Å². The number of nitrogens with zero attached hydrogens (tertiary/aromatic N) is 5. The van der Waals surface area contributed by atoms with Crippen LogP contribution in [0.2, 0.25) is 0 Å². The molecule has 7 nitrogen and oxygen atoms in total. The molecule has 3 heterocycles. The first-order valence-corrected chi connectivity index (χ1v) is 8.16. The highest BCUT2D eigenvalue weighted by molar-refractivity contribution is 5.61. The summed E-state index contributed by atoms with van der Waals surface area (Å²) in [6.07, 6.45) is 3.76. The molecule has 0 N–H and O–H groups in total. The van der Waals surface area contributed by atoms with Gasteiger partial charge >= 0.3 is 0 Å². The van der Waals surface area contributed by atoms with Crippen molar-refractivity contribution >= 4 is 0 Å². The second-order valence-corrected chi connectivity index (χ2v) is 6.28. The van der Waals surface area contributed by atoms with Gasteiger partial charge in [0, 0.05) is 23.2 Å². The highest BCUT2D eigenvalue weighted by Gasteiger charge is 2.28. The molecule has 7 heteroatoms. The Bertz CT molecular complexity index is 787. The second kappa shape index (κ2) is 6.16. The van der Waals surface area contributed by atoms with Gasteiger partial charge < -0.3 is 8.94 Å². The van der Waals surface area contributed by atoms with E-state index >= 15 is 0 Å². The van der Waals surface area contributed by atoms with Crippen molar-refractivity contribution in [1.82, 2.24) is 25.2 Å². The van der Waals surface area contributed by atoms with Crippen LogP contribution in [-0.2, 0) is 6.54 Å². The van der Waals surface area contributed by atoms with Gasteiger partial charge in [0.05, 0.1) is 6.54 Å². The van der Waals surface area contributed by atoms with Gasteiger partial charge in [-0.2, -0.15) is 4.98 Å². The quantitative estimate of drug-likeness (QED) is 0.728. The molecule has 1 aliphatic rings. The third kappa shape index (κ3) is 2.82. The fourth-order valence-corrected chi connectivity index (χ4v) is 3.21. The van der Waals surface area contributed by atoms with Gasteiger partial charge in [0.25, 0.3) is 0 Å². The summed E-state index contributed by atoms with van der Waals surface area (Å²) in [5.41, 5.74) is 1.76. The number of likely N-dealkylation sites (tertiary alicyclic amines) is 1. The molecule has 4 rings (SSSR count). The lowest BCUT2D eigenvalue weighted by Gasteiger charge is -2.23. The lowest BCUT2D eigenvalue weighted by molar-refractivity contribution is 0.178. The Labute approximate surface area is 139 Å². The van der Waals surface area contributed by atoms with E-state index in [0.29, 0.717) is 36.2 Å². The van der Waals surface area contributed by atoms with Crippen LogP contribution in [0.15, 0.2) is 39.6 Å². The predicted octanol–water partition coefficient (Wildman–Crippen LogP) is 3.16. The van der Waals surface area contributed by atoms with Crippen LogP contribution in [0.4, 0.5) is 0 Å². The van der Waals surface area contributed by atoms with E-state index in [1.807, 2.05) is 24.3 Å². The number of benzene rings is 1. The Hall–Kier alpha value is -2.54. The molecule has 1 aromatic carbocycles. The molecule has 3 aromatic rings. The minimum atomic E-state index is 0.493. The summed E-state index contributed by atoms with van der Waals surface area (Å²) >= 11 is 0. The molecule has 0 spiro atoms. The van der Waals surface area contributed by atoms with Crippen LogP contribution in [0.1, 0.15) is 32.6 Å². The standard InChI is InChI=1S/C17H19N5O2/c1-11-3-4-12(2)22(11)9-15-19-16(21-24-15)13-5-7-14(8-6-13)17-20-18-10-23-17/h5-8,10-12H,3-4,9H2,1-2H3. The van der Waals surface area contributed by atoms with Crippen LogP contribution in [-0.4, -0.2) is 37.3 Å². The van der Waals surface area contributed by atoms with Crippen LogP contribution < -0.4 is 0 Å². The third-order valence-electron chi connectivity index (χ3n) is 4.67. The van der Waals surface area contributed by atoms with Gasteiger partial charge in [-0.1, -0.05) is 17.3 Å². The smallest absolute Gasteiger partial charge is 0.247 e. The molecule has 0 radical (unpaired) electrons. The summed E-state index contributed by atoms with van der Waals surface area (Å²) in [6, 6.07) is 8.78. The van der Waals surface area contributed by atoms with E-state index in [0.717, 1.165) is 11.1 Å². The van der Waals surface area contributed by atoms with Crippen molar-refractivity contribution < 1.29 is 8.94 Å². The van der Waals surface area contributed by atoms with Gasteiger partial charge in [-0.25, -0.2) is 0 Å². The highest BCUT2D eigenvalue weighted by atomic mass is 16.5. The molecule has 124 valence electrons. The first kappa shape index (κ1) is 15.0. The molecule has 1 fully saturated rings. The van der Waals surface area contributed by atoms with Gasteiger partial charge in [0.2, 0.25) is 24.0 Å². The van der Waals surface area contributed by atoms with Crippen molar-refractivity contribution in [3.8, 4) is 22.8 Å². The Morgan fingerprint density at radius 1 is 1.08 bits per heavy atom. The highest BCUT2D eigenvalue weighted by Crippen LogP contribution is 2.26. The summed E-state index contributed by atoms with van der Waals surface area (Å²) in [5, 5.41) is 11.7. The van der Waals surface area contributed by atoms with Crippen molar-refractivity contribution in [1.29, 1.82) is 0 Å². The Morgan fingerprint density at radius 3 is 2.46 bits per heavy atom. The fraction of sp³-hybridized carbons (Fsp3) is 0.412. The van der Waals surface area contributed by atoms with E-state index in [1.165, 1.54) is 19.2 Å². The van der Waals surface area contributed by atoms with E-state index in [4.69, 9.17) is 8.94 Å². The first-order valence-electron chi connectivity index (χ1n) is 8.16. The molecular formula is C17H19N5O2. The Morgan fingerprint density at radius 2 is 1.79 bits per heavy atom. The predicted molar refractivity (Wildman–Crippen MR) is 86.7 cm³/mol. The number of hydrogen-bond donors (Lipinski definition) is 0. The largest absolute Gasteiger partial charge is 0.423 e. The summed E-state index contributed by atoms with van der Waals surface area (Å²) < 4.78 is 10.6. The van der Waals surface area contributed by atoms with Gasteiger partial charge in [-0.05, 0) is 38.8 Å². The Balaban J connectivity index is 1.50. The maximum absolute atomic E-state index is 5.44. The Kier molecular flexibility index (Phi) is 3.86. The van der Waals surface area contributed by atoms with E-state index in [1.54, 1.807) is 0 Å². The third-order valence-corrected chi connectivity index (χ3v) is 4.67. The van der Waals surface area contributed by atoms with Crippen molar-refractivity contribution in [3.05, 3.63) is 36.5 Å². The summed E-state index contributed by atoms with van der Waals surface area (Å²) in [4.78, 5) is 6.95. The van der Waals surface area contributed by atoms with E-state index < -0.39 is 0 Å². The monoisotopic (exact) mass is 325 g/mol. The van der Waals surface area contributed by atoms with Crippen molar-refractivity contribution in [3.63, 3.8) is 0 Å². The first-order chi connectivity index (χ1) is 11.7. The summed E-state index contributed by atoms with van der Waals surface area (Å²) in [7, 11) is 0. The number of hydrogen-bond acceptors (Lipinski definition) is 7. The van der Waals surface area contributed by atoms with Crippen molar-refractivity contribution in [2.75, 3.05) is 0 Å². The normalized spacial score (nSPS) is 21.4. The van der Waals surface area contributed by atoms with Gasteiger partial charge in [0.15, 0.2) is 0 Å². The zero-order valence-corrected chi connectivity index (χ0v) is 13.7. The number of rotatable bonds is 4. The summed E-state index contributed by atoms with van der Waals surface area (Å²) in [5.74, 6) is 1.75. The van der Waals surface area contributed by atoms with Crippen LogP contribution in [0.3, 0.4) is 0 Å². The molecular weight excluding hydrogens is 306 g/mol. The van der Waals surface area contributed by atoms with E-state index in [9.17, 15) is 0 Å². The molecule has 1 aliphatic heterocycles. The van der Waals surface area contributed by atoms with Crippen molar-refractivity contribution in [2.24, 2.45) is 0 Å². The zero-order valence-electron chi connectivity index (χ0n) is 13.7. The molecule has 24 heavy (non-hydrogen) atoms. The van der Waals surface area contributed by atoms with Crippen LogP contribution in [0.25, 0.3) is 22.8 Å². The minimum absolute atomic E-state index is 0.493. The lowest BCUT2D eigenvalue weighted by atomic mass is 10.1. The molecule has 0 bridgehead atoms. The number of aromatic nitrogens is 4. The van der Waals surface area contributed by atoms with E-state index in [-0.39, 0.29) is 0 Å². The molecule has 2 unspecified atom stereocenters. The summed E-state index contributed by atoms with van der Waals surface area (Å²) in [6.45, 7) is 5.20. The van der Waals surface area contributed by atoms with Crippen LogP contribution in [0, 0.1) is 0 Å². The molecule has 1 saturated heterocycles. The zero-order chi connectivity index (χ0) is 16.5. The lowest BCUT2D eigenvalue weighted by Crippen LogP contribution is -2.32.